The Hall–Kier alpha value is -2.76. The van der Waals surface area contributed by atoms with E-state index in [9.17, 15) is 9.18 Å². The lowest BCUT2D eigenvalue weighted by atomic mass is 10.0. The summed E-state index contributed by atoms with van der Waals surface area (Å²) in [5.74, 6) is 1.43. The fourth-order valence-corrected chi connectivity index (χ4v) is 6.05. The van der Waals surface area contributed by atoms with E-state index >= 15 is 0 Å². The molecule has 0 amide bonds. The Morgan fingerprint density at radius 3 is 2.91 bits per heavy atom. The molecule has 11 heteroatoms. The van der Waals surface area contributed by atoms with Crippen molar-refractivity contribution in [2.75, 3.05) is 38.6 Å². The van der Waals surface area contributed by atoms with Crippen LogP contribution in [0.2, 0.25) is 0 Å². The maximum Gasteiger partial charge on any atom is 0.276 e. The molecule has 0 bridgehead atoms. The van der Waals surface area contributed by atoms with Gasteiger partial charge in [0.1, 0.15) is 13.2 Å². The molecular formula is C23H25FN6O3S. The zero-order chi connectivity index (χ0) is 23.1. The van der Waals surface area contributed by atoms with E-state index in [0.717, 1.165) is 38.2 Å². The Morgan fingerprint density at radius 1 is 1.18 bits per heavy atom. The molecule has 9 nitrogen and oxygen atoms in total. The van der Waals surface area contributed by atoms with Crippen molar-refractivity contribution < 1.29 is 13.9 Å². The Morgan fingerprint density at radius 2 is 2.03 bits per heavy atom. The molecule has 0 aliphatic carbocycles. The Labute approximate surface area is 199 Å². The molecule has 3 aliphatic heterocycles. The number of piperidine rings is 1. The van der Waals surface area contributed by atoms with Crippen molar-refractivity contribution in [3.8, 4) is 11.6 Å². The minimum atomic E-state index is -0.357. The summed E-state index contributed by atoms with van der Waals surface area (Å²) >= 11 is 1.48. The summed E-state index contributed by atoms with van der Waals surface area (Å²) in [6.07, 6.45) is 3.25. The van der Waals surface area contributed by atoms with Gasteiger partial charge in [0.15, 0.2) is 11.6 Å². The highest BCUT2D eigenvalue weighted by molar-refractivity contribution is 7.99. The number of hydrogen-bond acceptors (Lipinski definition) is 9. The highest BCUT2D eigenvalue weighted by Crippen LogP contribution is 2.37. The highest BCUT2D eigenvalue weighted by atomic mass is 32.2. The predicted molar refractivity (Wildman–Crippen MR) is 125 cm³/mol. The van der Waals surface area contributed by atoms with E-state index in [0.29, 0.717) is 59.1 Å². The van der Waals surface area contributed by atoms with Crippen LogP contribution in [-0.4, -0.2) is 69.3 Å². The summed E-state index contributed by atoms with van der Waals surface area (Å²) in [4.78, 5) is 19.8. The molecule has 1 atom stereocenters. The van der Waals surface area contributed by atoms with E-state index in [4.69, 9.17) is 9.47 Å². The quantitative estimate of drug-likeness (QED) is 0.583. The number of halogens is 1. The van der Waals surface area contributed by atoms with Crippen molar-refractivity contribution in [3.63, 3.8) is 0 Å². The van der Waals surface area contributed by atoms with Crippen molar-refractivity contribution in [2.45, 2.75) is 36.4 Å². The van der Waals surface area contributed by atoms with Crippen LogP contribution in [0.15, 0.2) is 34.1 Å². The Bertz CT molecular complexity index is 1280. The lowest BCUT2D eigenvalue weighted by molar-refractivity contribution is 0.161. The van der Waals surface area contributed by atoms with Crippen LogP contribution in [0.25, 0.3) is 11.0 Å². The number of rotatable bonds is 5. The van der Waals surface area contributed by atoms with E-state index in [2.05, 4.69) is 25.4 Å². The number of hydrogen-bond donors (Lipinski definition) is 1. The van der Waals surface area contributed by atoms with Gasteiger partial charge in [0.05, 0.1) is 33.9 Å². The first-order valence-corrected chi connectivity index (χ1v) is 12.5. The van der Waals surface area contributed by atoms with E-state index < -0.39 is 0 Å². The van der Waals surface area contributed by atoms with E-state index in [1.54, 1.807) is 10.6 Å². The number of fused-ring (bicyclic) bond motifs is 1. The summed E-state index contributed by atoms with van der Waals surface area (Å²) in [6.45, 7) is 4.29. The SMILES string of the molecule is O=c1ccc2ncc(F)c3c2n1[C@H](CN1CCC(NCc2cc4c(nn2)OCCO4)CC1)CS3. The van der Waals surface area contributed by atoms with Gasteiger partial charge in [-0.2, -0.15) is 5.10 Å². The number of likely N-dealkylation sites (tertiary alicyclic amines) is 1. The fraction of sp³-hybridized carbons (Fsp3) is 0.478. The normalized spacial score (nSPS) is 20.6. The largest absolute Gasteiger partial charge is 0.484 e. The minimum Gasteiger partial charge on any atom is -0.484 e. The molecule has 0 radical (unpaired) electrons. The smallest absolute Gasteiger partial charge is 0.276 e. The third-order valence-electron chi connectivity index (χ3n) is 6.62. The standard InChI is InChI=1S/C23H25FN6O3S/c24-17-11-26-18-1-2-20(31)30-16(13-34-22(17)21(18)30)12-29-5-3-14(4-6-29)25-10-15-9-19-23(28-27-15)33-8-7-32-19/h1-2,9,11,14,16,25H,3-8,10,12-13H2/t16-/m1/s1. The van der Waals surface area contributed by atoms with Crippen molar-refractivity contribution in [1.29, 1.82) is 0 Å². The molecule has 0 saturated carbocycles. The van der Waals surface area contributed by atoms with Crippen LogP contribution in [0.4, 0.5) is 4.39 Å². The lowest BCUT2D eigenvalue weighted by Crippen LogP contribution is -2.45. The summed E-state index contributed by atoms with van der Waals surface area (Å²) < 4.78 is 27.1. The maximum absolute atomic E-state index is 14.3. The van der Waals surface area contributed by atoms with Crippen molar-refractivity contribution in [2.24, 2.45) is 0 Å². The van der Waals surface area contributed by atoms with Gasteiger partial charge in [0.2, 0.25) is 0 Å². The lowest BCUT2D eigenvalue weighted by Gasteiger charge is -2.36. The molecule has 6 rings (SSSR count). The van der Waals surface area contributed by atoms with Crippen LogP contribution in [0.3, 0.4) is 0 Å². The summed E-state index contributed by atoms with van der Waals surface area (Å²) in [5.41, 5.74) is 2.03. The molecule has 0 aromatic carbocycles. The molecular weight excluding hydrogens is 459 g/mol. The molecule has 1 saturated heterocycles. The number of ether oxygens (including phenoxy) is 2. The second-order valence-electron chi connectivity index (χ2n) is 8.83. The summed E-state index contributed by atoms with van der Waals surface area (Å²) in [6, 6.07) is 5.49. The summed E-state index contributed by atoms with van der Waals surface area (Å²) in [5, 5.41) is 11.9. The zero-order valence-electron chi connectivity index (χ0n) is 18.6. The Kier molecular flexibility index (Phi) is 5.84. The van der Waals surface area contributed by atoms with Gasteiger partial charge >= 0.3 is 0 Å². The van der Waals surface area contributed by atoms with Gasteiger partial charge in [-0.25, -0.2) is 4.39 Å². The van der Waals surface area contributed by atoms with Crippen LogP contribution < -0.4 is 20.3 Å². The van der Waals surface area contributed by atoms with Crippen LogP contribution in [0.1, 0.15) is 24.6 Å². The van der Waals surface area contributed by atoms with Gasteiger partial charge in [-0.05, 0) is 32.0 Å². The van der Waals surface area contributed by atoms with E-state index in [1.165, 1.54) is 24.0 Å². The molecule has 6 heterocycles. The minimum absolute atomic E-state index is 0.00482. The van der Waals surface area contributed by atoms with E-state index in [-0.39, 0.29) is 17.4 Å². The van der Waals surface area contributed by atoms with Crippen molar-refractivity contribution in [3.05, 3.63) is 46.3 Å². The van der Waals surface area contributed by atoms with Crippen LogP contribution >= 0.6 is 11.8 Å². The Balaban J connectivity index is 1.07. The first-order chi connectivity index (χ1) is 16.7. The number of aromatic nitrogens is 4. The third kappa shape index (κ3) is 4.12. The molecule has 34 heavy (non-hydrogen) atoms. The number of pyridine rings is 2. The van der Waals surface area contributed by atoms with Gasteiger partial charge < -0.3 is 24.3 Å². The van der Waals surface area contributed by atoms with Crippen LogP contribution in [-0.2, 0) is 6.54 Å². The topological polar surface area (TPSA) is 94.4 Å². The molecule has 1 fully saturated rings. The number of nitrogens with one attached hydrogen (secondary N) is 1. The first-order valence-electron chi connectivity index (χ1n) is 11.6. The van der Waals surface area contributed by atoms with Gasteiger partial charge in [-0.15, -0.1) is 16.9 Å². The molecule has 1 N–H and O–H groups in total. The molecule has 0 unspecified atom stereocenters. The molecule has 0 spiro atoms. The molecule has 3 aromatic heterocycles. The second kappa shape index (κ2) is 9.12. The van der Waals surface area contributed by atoms with Gasteiger partial charge in [-0.3, -0.25) is 9.78 Å². The van der Waals surface area contributed by atoms with Gasteiger partial charge in [0, 0.05) is 37.0 Å². The zero-order valence-corrected chi connectivity index (χ0v) is 19.4. The van der Waals surface area contributed by atoms with Crippen LogP contribution in [0, 0.1) is 5.82 Å². The first kappa shape index (κ1) is 21.8. The van der Waals surface area contributed by atoms with E-state index in [1.807, 2.05) is 6.07 Å². The van der Waals surface area contributed by atoms with Crippen LogP contribution in [0.5, 0.6) is 11.6 Å². The van der Waals surface area contributed by atoms with Gasteiger partial charge in [0.25, 0.3) is 11.4 Å². The number of nitrogens with zero attached hydrogens (tertiary/aromatic N) is 5. The number of thioether (sulfide) groups is 1. The molecule has 3 aromatic rings. The second-order valence-corrected chi connectivity index (χ2v) is 9.86. The highest BCUT2D eigenvalue weighted by Gasteiger charge is 2.29. The average molecular weight is 485 g/mol. The molecule has 3 aliphatic rings. The molecule has 178 valence electrons. The fourth-order valence-electron chi connectivity index (χ4n) is 4.91. The van der Waals surface area contributed by atoms with Crippen molar-refractivity contribution >= 4 is 22.8 Å². The predicted octanol–water partition coefficient (Wildman–Crippen LogP) is 2.00. The van der Waals surface area contributed by atoms with Gasteiger partial charge in [-0.1, -0.05) is 0 Å². The maximum atomic E-state index is 14.3. The monoisotopic (exact) mass is 484 g/mol. The summed E-state index contributed by atoms with van der Waals surface area (Å²) in [7, 11) is 0. The third-order valence-corrected chi connectivity index (χ3v) is 7.85. The average Bonchev–Trinajstić information content (AvgIpc) is 2.87. The van der Waals surface area contributed by atoms with Crippen molar-refractivity contribution in [1.82, 2.24) is 30.0 Å².